The van der Waals surface area contributed by atoms with E-state index >= 15 is 0 Å². The predicted molar refractivity (Wildman–Crippen MR) is 53.3 cm³/mol. The maximum Gasteiger partial charge on any atom is 0.00289 e. The minimum Gasteiger partial charge on any atom is -0.176 e. The Hall–Kier alpha value is -0.430. The van der Waals surface area contributed by atoms with Gasteiger partial charge < -0.3 is 0 Å². The molecule has 0 fully saturated rings. The Kier molecular flexibility index (Phi) is 3.01. The Balaban J connectivity index is 2.78. The Labute approximate surface area is 74.0 Å². The molecule has 1 unspecified atom stereocenters. The van der Waals surface area contributed by atoms with Crippen LogP contribution < -0.4 is 0 Å². The van der Waals surface area contributed by atoms with E-state index in [-0.39, 0.29) is 0 Å². The lowest BCUT2D eigenvalue weighted by atomic mass is 10.0. The summed E-state index contributed by atoms with van der Waals surface area (Å²) in [5, 5.41) is 0.455. The summed E-state index contributed by atoms with van der Waals surface area (Å²) in [5.74, 6) is 0. The summed E-state index contributed by atoms with van der Waals surface area (Å²) in [6.45, 7) is 4.26. The summed E-state index contributed by atoms with van der Waals surface area (Å²) in [6.07, 6.45) is 1.07. The molecule has 0 N–H and O–H groups in total. The second kappa shape index (κ2) is 3.82. The van der Waals surface area contributed by atoms with Crippen LogP contribution in [0, 0.1) is 6.92 Å². The van der Waals surface area contributed by atoms with Gasteiger partial charge in [0, 0.05) is 5.25 Å². The second-order valence-corrected chi connectivity index (χ2v) is 3.86. The summed E-state index contributed by atoms with van der Waals surface area (Å²) in [6, 6.07) is 8.47. The van der Waals surface area contributed by atoms with Gasteiger partial charge in [0.1, 0.15) is 0 Å². The first kappa shape index (κ1) is 8.66. The van der Waals surface area contributed by atoms with Gasteiger partial charge in [-0.05, 0) is 24.5 Å². The van der Waals surface area contributed by atoms with Crippen molar-refractivity contribution in [2.45, 2.75) is 25.5 Å². The minimum absolute atomic E-state index is 0.455. The maximum atomic E-state index is 4.36. The van der Waals surface area contributed by atoms with Crippen LogP contribution in [0.1, 0.15) is 18.1 Å². The van der Waals surface area contributed by atoms with E-state index in [2.05, 4.69) is 50.7 Å². The summed E-state index contributed by atoms with van der Waals surface area (Å²) in [5.41, 5.74) is 2.78. The van der Waals surface area contributed by atoms with Crippen molar-refractivity contribution in [1.82, 2.24) is 0 Å². The molecule has 0 aliphatic rings. The quantitative estimate of drug-likeness (QED) is 0.642. The Morgan fingerprint density at radius 2 is 2.00 bits per heavy atom. The van der Waals surface area contributed by atoms with E-state index in [1.807, 2.05) is 0 Å². The van der Waals surface area contributed by atoms with Gasteiger partial charge in [0.05, 0.1) is 0 Å². The fourth-order valence-electron chi connectivity index (χ4n) is 1.16. The molecular weight excluding hydrogens is 152 g/mol. The van der Waals surface area contributed by atoms with Crippen LogP contribution in [0.5, 0.6) is 0 Å². The molecule has 0 spiro atoms. The molecule has 0 saturated carbocycles. The zero-order valence-electron chi connectivity index (χ0n) is 7.04. The van der Waals surface area contributed by atoms with Gasteiger partial charge >= 0.3 is 0 Å². The summed E-state index contributed by atoms with van der Waals surface area (Å²) >= 11 is 4.36. The highest BCUT2D eigenvalue weighted by molar-refractivity contribution is 7.80. The second-order valence-electron chi connectivity index (χ2n) is 2.98. The van der Waals surface area contributed by atoms with E-state index in [9.17, 15) is 0 Å². The fraction of sp³-hybridized carbons (Fsp3) is 0.400. The molecule has 0 heterocycles. The molecule has 0 bridgehead atoms. The molecular formula is C10H14S. The van der Waals surface area contributed by atoms with Crippen LogP contribution >= 0.6 is 12.6 Å². The first-order valence-corrected chi connectivity index (χ1v) is 4.44. The Morgan fingerprint density at radius 3 is 2.55 bits per heavy atom. The van der Waals surface area contributed by atoms with Crippen LogP contribution in [0.4, 0.5) is 0 Å². The van der Waals surface area contributed by atoms with Crippen molar-refractivity contribution in [3.8, 4) is 0 Å². The molecule has 1 atom stereocenters. The first-order valence-electron chi connectivity index (χ1n) is 3.92. The Morgan fingerprint density at radius 1 is 1.36 bits per heavy atom. The highest BCUT2D eigenvalue weighted by Crippen LogP contribution is 2.11. The van der Waals surface area contributed by atoms with Gasteiger partial charge in [-0.3, -0.25) is 0 Å². The SMILES string of the molecule is Cc1ccccc1CC(C)S. The maximum absolute atomic E-state index is 4.36. The van der Waals surface area contributed by atoms with Crippen LogP contribution in [0.2, 0.25) is 0 Å². The molecule has 1 rings (SSSR count). The summed E-state index contributed by atoms with van der Waals surface area (Å²) in [4.78, 5) is 0. The molecule has 0 amide bonds. The molecule has 1 aromatic carbocycles. The van der Waals surface area contributed by atoms with Crippen molar-refractivity contribution in [2.75, 3.05) is 0 Å². The van der Waals surface area contributed by atoms with E-state index in [4.69, 9.17) is 0 Å². The van der Waals surface area contributed by atoms with Crippen LogP contribution in [-0.2, 0) is 6.42 Å². The third kappa shape index (κ3) is 2.58. The monoisotopic (exact) mass is 166 g/mol. The molecule has 0 aliphatic carbocycles. The van der Waals surface area contributed by atoms with E-state index in [1.165, 1.54) is 11.1 Å². The van der Waals surface area contributed by atoms with Crippen molar-refractivity contribution in [3.05, 3.63) is 35.4 Å². The third-order valence-electron chi connectivity index (χ3n) is 1.78. The minimum atomic E-state index is 0.455. The topological polar surface area (TPSA) is 0 Å². The molecule has 60 valence electrons. The zero-order valence-corrected chi connectivity index (χ0v) is 7.94. The van der Waals surface area contributed by atoms with Gasteiger partial charge in [-0.15, -0.1) is 0 Å². The van der Waals surface area contributed by atoms with Crippen molar-refractivity contribution < 1.29 is 0 Å². The van der Waals surface area contributed by atoms with E-state index in [0.29, 0.717) is 5.25 Å². The van der Waals surface area contributed by atoms with Gasteiger partial charge in [-0.2, -0.15) is 12.6 Å². The largest absolute Gasteiger partial charge is 0.176 e. The number of benzene rings is 1. The van der Waals surface area contributed by atoms with E-state index in [0.717, 1.165) is 6.42 Å². The van der Waals surface area contributed by atoms with Gasteiger partial charge in [0.25, 0.3) is 0 Å². The molecule has 1 heteroatoms. The standard InChI is InChI=1S/C10H14S/c1-8-5-3-4-6-10(8)7-9(2)11/h3-6,9,11H,7H2,1-2H3. The van der Waals surface area contributed by atoms with Crippen molar-refractivity contribution in [1.29, 1.82) is 0 Å². The van der Waals surface area contributed by atoms with Gasteiger partial charge in [0.15, 0.2) is 0 Å². The lowest BCUT2D eigenvalue weighted by Gasteiger charge is -2.06. The average Bonchev–Trinajstić information content (AvgIpc) is 1.93. The predicted octanol–water partition coefficient (Wildman–Crippen LogP) is 2.86. The fourth-order valence-corrected chi connectivity index (χ4v) is 1.35. The lowest BCUT2D eigenvalue weighted by molar-refractivity contribution is 0.940. The average molecular weight is 166 g/mol. The summed E-state index contributed by atoms with van der Waals surface area (Å²) in [7, 11) is 0. The van der Waals surface area contributed by atoms with Crippen LogP contribution in [0.15, 0.2) is 24.3 Å². The van der Waals surface area contributed by atoms with Crippen molar-refractivity contribution >= 4 is 12.6 Å². The van der Waals surface area contributed by atoms with Gasteiger partial charge in [-0.1, -0.05) is 31.2 Å². The van der Waals surface area contributed by atoms with Crippen LogP contribution in [0.3, 0.4) is 0 Å². The van der Waals surface area contributed by atoms with Gasteiger partial charge in [-0.25, -0.2) is 0 Å². The molecule has 1 aromatic rings. The number of rotatable bonds is 2. The molecule has 11 heavy (non-hydrogen) atoms. The Bertz CT molecular complexity index is 228. The van der Waals surface area contributed by atoms with Crippen LogP contribution in [-0.4, -0.2) is 5.25 Å². The lowest BCUT2D eigenvalue weighted by Crippen LogP contribution is -1.98. The first-order chi connectivity index (χ1) is 5.20. The summed E-state index contributed by atoms with van der Waals surface area (Å²) < 4.78 is 0. The van der Waals surface area contributed by atoms with E-state index < -0.39 is 0 Å². The molecule has 0 nitrogen and oxygen atoms in total. The molecule has 0 radical (unpaired) electrons. The number of thiol groups is 1. The van der Waals surface area contributed by atoms with E-state index in [1.54, 1.807) is 0 Å². The highest BCUT2D eigenvalue weighted by Gasteiger charge is 1.99. The van der Waals surface area contributed by atoms with Gasteiger partial charge in [0.2, 0.25) is 0 Å². The van der Waals surface area contributed by atoms with Crippen molar-refractivity contribution in [2.24, 2.45) is 0 Å². The number of aryl methyl sites for hydroxylation is 1. The third-order valence-corrected chi connectivity index (χ3v) is 1.96. The molecule has 0 saturated heterocycles. The number of hydrogen-bond donors (Lipinski definition) is 1. The van der Waals surface area contributed by atoms with Crippen LogP contribution in [0.25, 0.3) is 0 Å². The molecule has 0 aromatic heterocycles. The smallest absolute Gasteiger partial charge is 0.00289 e. The highest BCUT2D eigenvalue weighted by atomic mass is 32.1. The van der Waals surface area contributed by atoms with Crippen molar-refractivity contribution in [3.63, 3.8) is 0 Å². The normalized spacial score (nSPS) is 13.0. The number of hydrogen-bond acceptors (Lipinski definition) is 1. The molecule has 0 aliphatic heterocycles. The zero-order chi connectivity index (χ0) is 8.27.